The Bertz CT molecular complexity index is 463. The van der Waals surface area contributed by atoms with E-state index in [4.69, 9.17) is 4.42 Å². The van der Waals surface area contributed by atoms with E-state index in [9.17, 15) is 0 Å². The minimum atomic E-state index is 0.703. The average Bonchev–Trinajstić information content (AvgIpc) is 2.82. The number of nitrogens with zero attached hydrogens (tertiary/aromatic N) is 1. The molecular weight excluding hydrogens is 220 g/mol. The monoisotopic (exact) mass is 234 g/mol. The molecule has 2 unspecified atom stereocenters. The van der Waals surface area contributed by atoms with Crippen LogP contribution in [-0.4, -0.2) is 11.0 Å². The van der Waals surface area contributed by atoms with E-state index in [0.717, 1.165) is 28.9 Å². The molecule has 1 fully saturated rings. The van der Waals surface area contributed by atoms with Gasteiger partial charge in [-0.05, 0) is 24.5 Å². The third-order valence-electron chi connectivity index (χ3n) is 2.94. The Hall–Kier alpha value is -1.13. The van der Waals surface area contributed by atoms with Crippen LogP contribution in [0.3, 0.4) is 0 Å². The van der Waals surface area contributed by atoms with Gasteiger partial charge in [0.15, 0.2) is 10.8 Å². The van der Waals surface area contributed by atoms with Crippen molar-refractivity contribution in [2.45, 2.75) is 25.9 Å². The first-order valence-corrected chi connectivity index (χ1v) is 6.42. The van der Waals surface area contributed by atoms with Crippen LogP contribution in [0, 0.1) is 5.92 Å². The van der Waals surface area contributed by atoms with Gasteiger partial charge in [-0.3, -0.25) is 0 Å². The molecule has 0 bridgehead atoms. The zero-order chi connectivity index (χ0) is 11.0. The first-order valence-electron chi connectivity index (χ1n) is 5.54. The lowest BCUT2D eigenvalue weighted by molar-refractivity contribution is 0.581. The highest BCUT2D eigenvalue weighted by Gasteiger charge is 2.31. The Kier molecular flexibility index (Phi) is 2.53. The fourth-order valence-electron chi connectivity index (χ4n) is 1.74. The van der Waals surface area contributed by atoms with E-state index < -0.39 is 0 Å². The second-order valence-electron chi connectivity index (χ2n) is 4.32. The summed E-state index contributed by atoms with van der Waals surface area (Å²) >= 11 is 1.64. The van der Waals surface area contributed by atoms with Crippen molar-refractivity contribution in [3.05, 3.63) is 29.5 Å². The fourth-order valence-corrected chi connectivity index (χ4v) is 2.53. The molecule has 0 aliphatic heterocycles. The molecule has 1 aliphatic carbocycles. The van der Waals surface area contributed by atoms with Gasteiger partial charge in [-0.25, -0.2) is 4.98 Å². The van der Waals surface area contributed by atoms with E-state index >= 15 is 0 Å². The van der Waals surface area contributed by atoms with Crippen LogP contribution in [0.5, 0.6) is 0 Å². The number of aromatic nitrogens is 1. The van der Waals surface area contributed by atoms with Crippen LogP contribution in [0.1, 0.15) is 19.0 Å². The van der Waals surface area contributed by atoms with Crippen molar-refractivity contribution in [1.29, 1.82) is 0 Å². The molecule has 84 valence electrons. The van der Waals surface area contributed by atoms with E-state index in [2.05, 4.69) is 22.6 Å². The van der Waals surface area contributed by atoms with E-state index in [-0.39, 0.29) is 0 Å². The van der Waals surface area contributed by atoms with Crippen LogP contribution in [0.15, 0.2) is 28.2 Å². The first kappa shape index (κ1) is 10.1. The van der Waals surface area contributed by atoms with Crippen LogP contribution in [-0.2, 0) is 6.54 Å². The van der Waals surface area contributed by atoms with Crippen LogP contribution >= 0.6 is 11.3 Å². The maximum Gasteiger partial charge on any atom is 0.162 e. The molecule has 1 aliphatic rings. The van der Waals surface area contributed by atoms with Crippen molar-refractivity contribution in [2.24, 2.45) is 5.92 Å². The molecule has 0 saturated heterocycles. The highest BCUT2D eigenvalue weighted by Crippen LogP contribution is 2.29. The Labute approximate surface area is 98.5 Å². The lowest BCUT2D eigenvalue weighted by Gasteiger charge is -1.98. The lowest BCUT2D eigenvalue weighted by atomic mass is 10.4. The summed E-state index contributed by atoms with van der Waals surface area (Å²) in [6.07, 6.45) is 2.98. The fraction of sp³-hybridized carbons (Fsp3) is 0.417. The molecule has 3 nitrogen and oxygen atoms in total. The predicted octanol–water partition coefficient (Wildman–Crippen LogP) is 2.90. The smallest absolute Gasteiger partial charge is 0.162 e. The number of thiazole rings is 1. The molecule has 2 heterocycles. The maximum absolute atomic E-state index is 5.32. The van der Waals surface area contributed by atoms with Crippen molar-refractivity contribution in [1.82, 2.24) is 10.3 Å². The zero-order valence-electron chi connectivity index (χ0n) is 9.14. The molecule has 4 heteroatoms. The van der Waals surface area contributed by atoms with E-state index in [1.807, 2.05) is 12.1 Å². The van der Waals surface area contributed by atoms with Crippen LogP contribution < -0.4 is 5.32 Å². The third-order valence-corrected chi connectivity index (χ3v) is 3.84. The largest absolute Gasteiger partial charge is 0.462 e. The van der Waals surface area contributed by atoms with Gasteiger partial charge < -0.3 is 9.73 Å². The Morgan fingerprint density at radius 3 is 3.19 bits per heavy atom. The van der Waals surface area contributed by atoms with Gasteiger partial charge in [-0.2, -0.15) is 0 Å². The van der Waals surface area contributed by atoms with Crippen molar-refractivity contribution >= 4 is 11.3 Å². The molecule has 2 aromatic rings. The van der Waals surface area contributed by atoms with Gasteiger partial charge >= 0.3 is 0 Å². The van der Waals surface area contributed by atoms with Crippen molar-refractivity contribution in [3.63, 3.8) is 0 Å². The number of furan rings is 1. The molecule has 0 radical (unpaired) electrons. The minimum absolute atomic E-state index is 0.703. The molecule has 1 saturated carbocycles. The lowest BCUT2D eigenvalue weighted by Crippen LogP contribution is -2.17. The summed E-state index contributed by atoms with van der Waals surface area (Å²) in [6.45, 7) is 3.14. The quantitative estimate of drug-likeness (QED) is 0.884. The van der Waals surface area contributed by atoms with Crippen molar-refractivity contribution < 1.29 is 4.42 Å². The second-order valence-corrected chi connectivity index (χ2v) is 5.18. The van der Waals surface area contributed by atoms with Crippen molar-refractivity contribution in [3.8, 4) is 10.8 Å². The molecule has 16 heavy (non-hydrogen) atoms. The highest BCUT2D eigenvalue weighted by molar-refractivity contribution is 7.13. The molecule has 2 aromatic heterocycles. The van der Waals surface area contributed by atoms with Gasteiger partial charge in [0.05, 0.1) is 12.0 Å². The summed E-state index contributed by atoms with van der Waals surface area (Å²) in [5, 5.41) is 6.55. The summed E-state index contributed by atoms with van der Waals surface area (Å²) in [6, 6.07) is 4.54. The van der Waals surface area contributed by atoms with Crippen molar-refractivity contribution in [2.75, 3.05) is 0 Å². The number of hydrogen-bond acceptors (Lipinski definition) is 4. The second kappa shape index (κ2) is 4.03. The van der Waals surface area contributed by atoms with Crippen LogP contribution in [0.4, 0.5) is 0 Å². The maximum atomic E-state index is 5.32. The predicted molar refractivity (Wildman–Crippen MR) is 64.2 cm³/mol. The molecule has 0 spiro atoms. The van der Waals surface area contributed by atoms with Gasteiger partial charge in [-0.15, -0.1) is 11.3 Å². The van der Waals surface area contributed by atoms with Gasteiger partial charge in [0.2, 0.25) is 0 Å². The van der Waals surface area contributed by atoms with Gasteiger partial charge in [-0.1, -0.05) is 6.92 Å². The summed E-state index contributed by atoms with van der Waals surface area (Å²) in [4.78, 5) is 4.54. The van der Waals surface area contributed by atoms with E-state index in [0.29, 0.717) is 6.04 Å². The molecule has 0 amide bonds. The zero-order valence-corrected chi connectivity index (χ0v) is 9.96. The normalized spacial score (nSPS) is 23.6. The Balaban J connectivity index is 1.64. The van der Waals surface area contributed by atoms with Gasteiger partial charge in [0, 0.05) is 18.0 Å². The first-order chi connectivity index (χ1) is 7.83. The molecule has 3 rings (SSSR count). The van der Waals surface area contributed by atoms with Crippen LogP contribution in [0.25, 0.3) is 10.8 Å². The molecular formula is C12H14N2OS. The molecule has 2 atom stereocenters. The number of hydrogen-bond donors (Lipinski definition) is 1. The summed E-state index contributed by atoms with van der Waals surface area (Å²) in [7, 11) is 0. The number of nitrogens with one attached hydrogen (secondary N) is 1. The summed E-state index contributed by atoms with van der Waals surface area (Å²) in [5.74, 6) is 1.69. The standard InChI is InChI=1S/C12H14N2OS/c1-8-5-10(8)13-6-9-7-16-12(14-9)11-3-2-4-15-11/h2-4,7-8,10,13H,5-6H2,1H3. The summed E-state index contributed by atoms with van der Waals surface area (Å²) in [5.41, 5.74) is 1.11. The van der Waals surface area contributed by atoms with Crippen LogP contribution in [0.2, 0.25) is 0 Å². The Morgan fingerprint density at radius 1 is 1.62 bits per heavy atom. The third kappa shape index (κ3) is 2.03. The molecule has 0 aromatic carbocycles. The SMILES string of the molecule is CC1CC1NCc1csc(-c2ccco2)n1. The van der Waals surface area contributed by atoms with E-state index in [1.54, 1.807) is 17.6 Å². The number of rotatable bonds is 4. The molecule has 1 N–H and O–H groups in total. The van der Waals surface area contributed by atoms with Gasteiger partial charge in [0.25, 0.3) is 0 Å². The topological polar surface area (TPSA) is 38.1 Å². The highest BCUT2D eigenvalue weighted by atomic mass is 32.1. The van der Waals surface area contributed by atoms with E-state index in [1.165, 1.54) is 6.42 Å². The minimum Gasteiger partial charge on any atom is -0.462 e. The summed E-state index contributed by atoms with van der Waals surface area (Å²) < 4.78 is 5.32. The average molecular weight is 234 g/mol. The van der Waals surface area contributed by atoms with Gasteiger partial charge in [0.1, 0.15) is 0 Å². The Morgan fingerprint density at radius 2 is 2.50 bits per heavy atom.